The van der Waals surface area contributed by atoms with Gasteiger partial charge in [-0.15, -0.1) is 22.7 Å². The van der Waals surface area contributed by atoms with E-state index in [-0.39, 0.29) is 0 Å². The number of ether oxygens (including phenoxy) is 1. The summed E-state index contributed by atoms with van der Waals surface area (Å²) in [6, 6.07) is 8.40. The van der Waals surface area contributed by atoms with Gasteiger partial charge in [-0.1, -0.05) is 12.1 Å². The van der Waals surface area contributed by atoms with E-state index in [9.17, 15) is 0 Å². The highest BCUT2D eigenvalue weighted by Crippen LogP contribution is 2.36. The molecule has 2 aliphatic rings. The Labute approximate surface area is 216 Å². The maximum atomic E-state index is 5.63. The molecule has 0 aliphatic carbocycles. The Bertz CT molecular complexity index is 1480. The van der Waals surface area contributed by atoms with Crippen molar-refractivity contribution in [3.05, 3.63) is 46.9 Å². The fourth-order valence-corrected chi connectivity index (χ4v) is 6.86. The summed E-state index contributed by atoms with van der Waals surface area (Å²) in [6.45, 7) is 8.14. The van der Waals surface area contributed by atoms with Crippen molar-refractivity contribution in [2.75, 3.05) is 62.3 Å². The van der Waals surface area contributed by atoms with Crippen molar-refractivity contribution in [1.29, 1.82) is 0 Å². The molecule has 0 unspecified atom stereocenters. The monoisotopic (exact) mass is 518 g/mol. The van der Waals surface area contributed by atoms with Crippen molar-refractivity contribution in [3.8, 4) is 11.4 Å². The number of nitrogens with zero attached hydrogens (tertiary/aromatic N) is 7. The minimum absolute atomic E-state index is 0.722. The van der Waals surface area contributed by atoms with Crippen molar-refractivity contribution >= 4 is 54.7 Å². The fourth-order valence-electron chi connectivity index (χ4n) is 5.01. The Balaban J connectivity index is 1.21. The molecular formula is C25H26N8OS2. The lowest BCUT2D eigenvalue weighted by Crippen LogP contribution is -2.45. The minimum Gasteiger partial charge on any atom is -0.378 e. The van der Waals surface area contributed by atoms with E-state index in [1.165, 1.54) is 4.88 Å². The number of piperazine rings is 1. The summed E-state index contributed by atoms with van der Waals surface area (Å²) in [5.74, 6) is 1.76. The molecule has 2 saturated heterocycles. The third kappa shape index (κ3) is 4.11. The van der Waals surface area contributed by atoms with E-state index in [2.05, 4.69) is 42.0 Å². The molecule has 0 amide bonds. The van der Waals surface area contributed by atoms with Gasteiger partial charge in [-0.05, 0) is 12.1 Å². The number of fused-ring (bicyclic) bond motifs is 2. The summed E-state index contributed by atoms with van der Waals surface area (Å²) in [7, 11) is 0. The number of anilines is 2. The number of thiophene rings is 1. The molecular weight excluding hydrogens is 492 g/mol. The van der Waals surface area contributed by atoms with Gasteiger partial charge in [0.15, 0.2) is 16.8 Å². The van der Waals surface area contributed by atoms with Crippen LogP contribution in [0.15, 0.2) is 42.0 Å². The van der Waals surface area contributed by atoms with E-state index in [0.29, 0.717) is 0 Å². The van der Waals surface area contributed by atoms with Gasteiger partial charge >= 0.3 is 0 Å². The molecule has 0 radical (unpaired) electrons. The molecule has 11 heteroatoms. The van der Waals surface area contributed by atoms with E-state index in [4.69, 9.17) is 14.7 Å². The first-order valence-corrected chi connectivity index (χ1v) is 13.9. The molecule has 0 bridgehead atoms. The van der Waals surface area contributed by atoms with Crippen LogP contribution in [0.25, 0.3) is 32.5 Å². The van der Waals surface area contributed by atoms with E-state index < -0.39 is 0 Å². The van der Waals surface area contributed by atoms with Crippen molar-refractivity contribution in [3.63, 3.8) is 0 Å². The van der Waals surface area contributed by atoms with Gasteiger partial charge in [-0.3, -0.25) is 10.00 Å². The van der Waals surface area contributed by atoms with Crippen molar-refractivity contribution in [2.24, 2.45) is 0 Å². The van der Waals surface area contributed by atoms with Gasteiger partial charge in [0, 0.05) is 73.2 Å². The van der Waals surface area contributed by atoms with E-state index in [1.807, 2.05) is 41.2 Å². The van der Waals surface area contributed by atoms with Gasteiger partial charge in [-0.2, -0.15) is 5.10 Å². The van der Waals surface area contributed by atoms with Crippen LogP contribution in [-0.4, -0.2) is 82.5 Å². The molecule has 0 atom stereocenters. The number of hydrogen-bond acceptors (Lipinski definition) is 10. The molecule has 2 fully saturated rings. The van der Waals surface area contributed by atoms with Crippen molar-refractivity contribution < 1.29 is 4.74 Å². The molecule has 4 aromatic heterocycles. The minimum atomic E-state index is 0.722. The normalized spacial score (nSPS) is 17.4. The molecule has 1 N–H and O–H groups in total. The molecule has 1 aromatic carbocycles. The Kier molecular flexibility index (Phi) is 5.77. The average molecular weight is 519 g/mol. The molecule has 7 rings (SSSR count). The number of rotatable bonds is 5. The first-order valence-electron chi connectivity index (χ1n) is 12.2. The zero-order valence-corrected chi connectivity index (χ0v) is 21.4. The number of hydrogen-bond donors (Lipinski definition) is 1. The number of benzene rings is 1. The summed E-state index contributed by atoms with van der Waals surface area (Å²) in [6.07, 6.45) is 3.75. The van der Waals surface area contributed by atoms with Gasteiger partial charge < -0.3 is 14.5 Å². The highest BCUT2D eigenvalue weighted by molar-refractivity contribution is 7.19. The van der Waals surface area contributed by atoms with Crippen molar-refractivity contribution in [1.82, 2.24) is 30.0 Å². The second kappa shape index (κ2) is 9.40. The molecule has 2 aliphatic heterocycles. The van der Waals surface area contributed by atoms with Crippen LogP contribution in [0.4, 0.5) is 10.9 Å². The number of thiazole rings is 1. The second-order valence-electron chi connectivity index (χ2n) is 9.11. The van der Waals surface area contributed by atoms with Crippen molar-refractivity contribution in [2.45, 2.75) is 6.54 Å². The zero-order chi connectivity index (χ0) is 23.9. The highest BCUT2D eigenvalue weighted by Gasteiger charge is 2.23. The lowest BCUT2D eigenvalue weighted by molar-refractivity contribution is 0.122. The van der Waals surface area contributed by atoms with Gasteiger partial charge in [0.05, 0.1) is 35.1 Å². The van der Waals surface area contributed by atoms with Crippen LogP contribution in [0.2, 0.25) is 0 Å². The van der Waals surface area contributed by atoms with Gasteiger partial charge in [-0.25, -0.2) is 15.0 Å². The Hall–Kier alpha value is -3.12. The predicted octanol–water partition coefficient (Wildman–Crippen LogP) is 3.85. The number of aromatic amines is 1. The Morgan fingerprint density at radius 2 is 1.89 bits per heavy atom. The SMILES string of the molecule is c1cc(-c2nc(N3CCOCC3)c3sc(CN4CCN(c5nccs5)CC4)cc3n2)c2cn[nH]c2c1. The maximum Gasteiger partial charge on any atom is 0.185 e. The van der Waals surface area contributed by atoms with Crippen LogP contribution in [0.1, 0.15) is 4.88 Å². The van der Waals surface area contributed by atoms with Gasteiger partial charge in [0.25, 0.3) is 0 Å². The quantitative estimate of drug-likeness (QED) is 0.376. The molecule has 0 spiro atoms. The van der Waals surface area contributed by atoms with Crippen LogP contribution in [-0.2, 0) is 11.3 Å². The van der Waals surface area contributed by atoms with Crippen LogP contribution in [0.5, 0.6) is 0 Å². The first-order chi connectivity index (χ1) is 17.8. The average Bonchev–Trinajstić information content (AvgIpc) is 3.69. The standard InChI is InChI=1S/C25H26N8OS2/c1-2-18(19-15-27-30-20(19)3-1)23-28-21-14-17(36-22(21)24(29-23)32-9-11-34-12-10-32)16-31-5-7-33(8-6-31)25-26-4-13-35-25/h1-4,13-15H,5-12,16H2,(H,27,30). The molecule has 0 saturated carbocycles. The third-order valence-electron chi connectivity index (χ3n) is 6.88. The second-order valence-corrected chi connectivity index (χ2v) is 11.1. The fraction of sp³-hybridized carbons (Fsp3) is 0.360. The van der Waals surface area contributed by atoms with Gasteiger partial charge in [0.1, 0.15) is 0 Å². The predicted molar refractivity (Wildman–Crippen MR) is 145 cm³/mol. The Morgan fingerprint density at radius 3 is 2.72 bits per heavy atom. The van der Waals surface area contributed by atoms with E-state index in [0.717, 1.165) is 102 Å². The van der Waals surface area contributed by atoms with E-state index >= 15 is 0 Å². The summed E-state index contributed by atoms with van der Waals surface area (Å²) >= 11 is 3.54. The molecule has 36 heavy (non-hydrogen) atoms. The van der Waals surface area contributed by atoms with E-state index in [1.54, 1.807) is 11.3 Å². The molecule has 9 nitrogen and oxygen atoms in total. The molecule has 6 heterocycles. The largest absolute Gasteiger partial charge is 0.378 e. The first kappa shape index (κ1) is 22.1. The lowest BCUT2D eigenvalue weighted by atomic mass is 10.1. The van der Waals surface area contributed by atoms with Crippen LogP contribution in [0.3, 0.4) is 0 Å². The topological polar surface area (TPSA) is 86.3 Å². The van der Waals surface area contributed by atoms with Crippen LogP contribution >= 0.6 is 22.7 Å². The zero-order valence-electron chi connectivity index (χ0n) is 19.8. The lowest BCUT2D eigenvalue weighted by Gasteiger charge is -2.34. The molecule has 184 valence electrons. The highest BCUT2D eigenvalue weighted by atomic mass is 32.1. The maximum absolute atomic E-state index is 5.63. The van der Waals surface area contributed by atoms with Crippen LogP contribution in [0, 0.1) is 0 Å². The smallest absolute Gasteiger partial charge is 0.185 e. The molecule has 5 aromatic rings. The number of H-pyrrole nitrogens is 1. The number of morpholine rings is 1. The summed E-state index contributed by atoms with van der Waals surface area (Å²) in [4.78, 5) is 23.2. The Morgan fingerprint density at radius 1 is 1.00 bits per heavy atom. The third-order valence-corrected chi connectivity index (χ3v) is 8.82. The number of aromatic nitrogens is 5. The summed E-state index contributed by atoms with van der Waals surface area (Å²) < 4.78 is 6.79. The van der Waals surface area contributed by atoms with Gasteiger partial charge in [0.2, 0.25) is 0 Å². The number of nitrogens with one attached hydrogen (secondary N) is 1. The summed E-state index contributed by atoms with van der Waals surface area (Å²) in [5, 5.41) is 11.5. The summed E-state index contributed by atoms with van der Waals surface area (Å²) in [5.41, 5.74) is 3.01. The van der Waals surface area contributed by atoms with Crippen LogP contribution < -0.4 is 9.80 Å².